The molecule has 112 valence electrons. The Morgan fingerprint density at radius 2 is 2.15 bits per heavy atom. The number of aryl methyl sites for hydroxylation is 1. The van der Waals surface area contributed by atoms with Crippen molar-refractivity contribution in [1.82, 2.24) is 14.7 Å². The molecule has 1 aromatic rings. The molecule has 1 saturated heterocycles. The summed E-state index contributed by atoms with van der Waals surface area (Å²) in [7, 11) is 1.84. The minimum absolute atomic E-state index is 0.0123. The Morgan fingerprint density at radius 3 is 2.70 bits per heavy atom. The van der Waals surface area contributed by atoms with Crippen molar-refractivity contribution in [2.75, 3.05) is 6.54 Å². The summed E-state index contributed by atoms with van der Waals surface area (Å²) in [4.78, 5) is 13.8. The van der Waals surface area contributed by atoms with Crippen molar-refractivity contribution in [2.24, 2.45) is 7.05 Å². The van der Waals surface area contributed by atoms with E-state index in [0.29, 0.717) is 6.54 Å². The van der Waals surface area contributed by atoms with Crippen molar-refractivity contribution in [2.45, 2.75) is 51.9 Å². The van der Waals surface area contributed by atoms with Crippen LogP contribution in [-0.4, -0.2) is 45.1 Å². The van der Waals surface area contributed by atoms with Crippen LogP contribution in [0, 0.1) is 0 Å². The molecule has 2 heterocycles. The first-order chi connectivity index (χ1) is 9.24. The second kappa shape index (κ2) is 5.34. The van der Waals surface area contributed by atoms with Crippen LogP contribution >= 0.6 is 0 Å². The van der Waals surface area contributed by atoms with Gasteiger partial charge in [0.05, 0.1) is 18.9 Å². The van der Waals surface area contributed by atoms with Gasteiger partial charge in [-0.2, -0.15) is 5.10 Å². The third kappa shape index (κ3) is 3.65. The van der Waals surface area contributed by atoms with Gasteiger partial charge in [-0.15, -0.1) is 0 Å². The number of likely N-dealkylation sites (tertiary alicyclic amines) is 1. The molecule has 0 bridgehead atoms. The molecule has 0 aliphatic carbocycles. The Kier molecular flexibility index (Phi) is 3.92. The van der Waals surface area contributed by atoms with E-state index < -0.39 is 5.60 Å². The van der Waals surface area contributed by atoms with Crippen LogP contribution in [0.25, 0.3) is 0 Å². The first-order valence-corrected chi connectivity index (χ1v) is 6.89. The molecule has 2 rings (SSSR count). The minimum atomic E-state index is -0.473. The van der Waals surface area contributed by atoms with Gasteiger partial charge in [-0.3, -0.25) is 4.68 Å². The van der Waals surface area contributed by atoms with Crippen LogP contribution in [0.4, 0.5) is 4.79 Å². The van der Waals surface area contributed by atoms with Crippen molar-refractivity contribution < 1.29 is 14.3 Å². The van der Waals surface area contributed by atoms with Crippen LogP contribution < -0.4 is 4.74 Å². The summed E-state index contributed by atoms with van der Waals surface area (Å²) in [5.41, 5.74) is -0.473. The maximum Gasteiger partial charge on any atom is 0.410 e. The number of nitrogens with zero attached hydrogens (tertiary/aromatic N) is 3. The predicted octanol–water partition coefficient (Wildman–Crippen LogP) is 2.20. The second-order valence-electron chi connectivity index (χ2n) is 6.31. The van der Waals surface area contributed by atoms with Crippen molar-refractivity contribution in [3.05, 3.63) is 12.4 Å². The van der Waals surface area contributed by atoms with Crippen LogP contribution in [0.5, 0.6) is 5.75 Å². The topological polar surface area (TPSA) is 56.6 Å². The number of hydrogen-bond acceptors (Lipinski definition) is 4. The van der Waals surface area contributed by atoms with E-state index in [1.54, 1.807) is 15.8 Å². The zero-order valence-electron chi connectivity index (χ0n) is 12.8. The molecule has 0 radical (unpaired) electrons. The highest BCUT2D eigenvalue weighted by atomic mass is 16.6. The van der Waals surface area contributed by atoms with Gasteiger partial charge in [0.2, 0.25) is 0 Å². The van der Waals surface area contributed by atoms with Gasteiger partial charge in [0.15, 0.2) is 5.75 Å². The number of hydrogen-bond donors (Lipinski definition) is 0. The molecule has 0 unspecified atom stereocenters. The van der Waals surface area contributed by atoms with Gasteiger partial charge < -0.3 is 14.4 Å². The fourth-order valence-corrected chi connectivity index (χ4v) is 2.29. The van der Waals surface area contributed by atoms with E-state index in [2.05, 4.69) is 5.10 Å². The summed E-state index contributed by atoms with van der Waals surface area (Å²) in [6, 6.07) is 0.117. The highest BCUT2D eigenvalue weighted by Gasteiger charge is 2.36. The summed E-state index contributed by atoms with van der Waals surface area (Å²) < 4.78 is 12.9. The average molecular weight is 281 g/mol. The summed E-state index contributed by atoms with van der Waals surface area (Å²) in [5.74, 6) is 0.732. The Bertz CT molecular complexity index is 478. The molecule has 0 saturated carbocycles. The molecular formula is C14H23N3O3. The molecular weight excluding hydrogens is 258 g/mol. The lowest BCUT2D eigenvalue weighted by atomic mass is 10.2. The van der Waals surface area contributed by atoms with Gasteiger partial charge >= 0.3 is 6.09 Å². The molecule has 1 aliphatic heterocycles. The van der Waals surface area contributed by atoms with Gasteiger partial charge in [-0.25, -0.2) is 4.79 Å². The Hall–Kier alpha value is -1.72. The number of carbonyl (C=O) groups excluding carboxylic acids is 1. The number of amides is 1. The first kappa shape index (κ1) is 14.7. The Morgan fingerprint density at radius 1 is 1.45 bits per heavy atom. The zero-order valence-corrected chi connectivity index (χ0v) is 12.8. The lowest BCUT2D eigenvalue weighted by molar-refractivity contribution is 0.0224. The molecule has 0 aromatic carbocycles. The fraction of sp³-hybridized carbons (Fsp3) is 0.714. The maximum atomic E-state index is 12.1. The summed E-state index contributed by atoms with van der Waals surface area (Å²) in [5, 5.41) is 4.07. The molecule has 1 aromatic heterocycles. The molecule has 6 heteroatoms. The smallest absolute Gasteiger partial charge is 0.410 e. The summed E-state index contributed by atoms with van der Waals surface area (Å²) in [6.07, 6.45) is 4.01. The molecule has 1 fully saturated rings. The van der Waals surface area contributed by atoms with E-state index in [1.165, 1.54) is 0 Å². The van der Waals surface area contributed by atoms with E-state index >= 15 is 0 Å². The molecule has 20 heavy (non-hydrogen) atoms. The molecule has 0 spiro atoms. The second-order valence-corrected chi connectivity index (χ2v) is 6.31. The van der Waals surface area contributed by atoms with Crippen molar-refractivity contribution in [3.63, 3.8) is 0 Å². The summed E-state index contributed by atoms with van der Waals surface area (Å²) in [6.45, 7) is 8.17. The van der Waals surface area contributed by atoms with Gasteiger partial charge in [0, 0.05) is 19.5 Å². The first-order valence-electron chi connectivity index (χ1n) is 6.89. The van der Waals surface area contributed by atoms with E-state index in [4.69, 9.17) is 9.47 Å². The monoisotopic (exact) mass is 281 g/mol. The van der Waals surface area contributed by atoms with Crippen LogP contribution in [0.15, 0.2) is 12.4 Å². The Labute approximate surface area is 119 Å². The number of carbonyl (C=O) groups is 1. The molecule has 6 nitrogen and oxygen atoms in total. The summed E-state index contributed by atoms with van der Waals surface area (Å²) >= 11 is 0. The Balaban J connectivity index is 1.93. The van der Waals surface area contributed by atoms with Crippen molar-refractivity contribution in [3.8, 4) is 5.75 Å². The van der Waals surface area contributed by atoms with Gasteiger partial charge in [-0.05, 0) is 27.7 Å². The quantitative estimate of drug-likeness (QED) is 0.834. The fourth-order valence-electron chi connectivity index (χ4n) is 2.29. The third-order valence-electron chi connectivity index (χ3n) is 3.15. The maximum absolute atomic E-state index is 12.1. The normalized spacial score (nSPS) is 22.9. The molecule has 1 aliphatic rings. The highest BCUT2D eigenvalue weighted by Crippen LogP contribution is 2.24. The zero-order chi connectivity index (χ0) is 14.9. The largest absolute Gasteiger partial charge is 0.485 e. The van der Waals surface area contributed by atoms with Gasteiger partial charge in [0.25, 0.3) is 0 Å². The predicted molar refractivity (Wildman–Crippen MR) is 74.6 cm³/mol. The molecule has 2 atom stereocenters. The van der Waals surface area contributed by atoms with Crippen LogP contribution in [0.1, 0.15) is 34.1 Å². The van der Waals surface area contributed by atoms with E-state index in [1.807, 2.05) is 40.9 Å². The molecule has 0 N–H and O–H groups in total. The van der Waals surface area contributed by atoms with E-state index in [0.717, 1.165) is 12.2 Å². The van der Waals surface area contributed by atoms with Crippen LogP contribution in [0.2, 0.25) is 0 Å². The molecule has 1 amide bonds. The van der Waals surface area contributed by atoms with Gasteiger partial charge in [-0.1, -0.05) is 0 Å². The van der Waals surface area contributed by atoms with Gasteiger partial charge in [0.1, 0.15) is 11.7 Å². The number of aromatic nitrogens is 2. The SMILES string of the molecule is C[C@H]1C[C@@H](Oc2cnn(C)c2)CN1C(=O)OC(C)(C)C. The van der Waals surface area contributed by atoms with Crippen LogP contribution in [0.3, 0.4) is 0 Å². The lowest BCUT2D eigenvalue weighted by Crippen LogP contribution is -2.39. The number of ether oxygens (including phenoxy) is 2. The van der Waals surface area contributed by atoms with Crippen molar-refractivity contribution in [1.29, 1.82) is 0 Å². The van der Waals surface area contributed by atoms with E-state index in [9.17, 15) is 4.79 Å². The highest BCUT2D eigenvalue weighted by molar-refractivity contribution is 5.69. The van der Waals surface area contributed by atoms with Crippen LogP contribution in [-0.2, 0) is 11.8 Å². The average Bonchev–Trinajstić information content (AvgIpc) is 2.83. The third-order valence-corrected chi connectivity index (χ3v) is 3.15. The van der Waals surface area contributed by atoms with E-state index in [-0.39, 0.29) is 18.2 Å². The lowest BCUT2D eigenvalue weighted by Gasteiger charge is -2.26. The standard InChI is InChI=1S/C14H23N3O3/c1-10-6-11(19-12-7-15-16(5)8-12)9-17(10)13(18)20-14(2,3)4/h7-8,10-11H,6,9H2,1-5H3/t10-,11+/m0/s1. The van der Waals surface area contributed by atoms with Crippen molar-refractivity contribution >= 4 is 6.09 Å². The number of rotatable bonds is 2. The minimum Gasteiger partial charge on any atom is -0.485 e.